The molecule has 1 atom stereocenters. The Bertz CT molecular complexity index is 129. The van der Waals surface area contributed by atoms with Gasteiger partial charge in [-0.1, -0.05) is 0 Å². The quantitative estimate of drug-likeness (QED) is 0.436. The third kappa shape index (κ3) is 3.52. The van der Waals surface area contributed by atoms with Gasteiger partial charge in [-0.15, -0.1) is 0 Å². The smallest absolute Gasteiger partial charge is 0.303 e. The summed E-state index contributed by atoms with van der Waals surface area (Å²) < 4.78 is 4.21. The zero-order valence-electron chi connectivity index (χ0n) is 5.21. The molecule has 52 valence electrons. The fraction of sp³-hybridized carbons (Fsp3) is 0.600. The molecule has 9 heavy (non-hydrogen) atoms. The standard InChI is InChI=1S/C5H8O4/c1-3(5(7)8)9-4(2)6/h3H,1-2H3,(H,7,8)/p-1/t3-/m0/s1. The number of ether oxygens (including phenoxy) is 1. The fourth-order valence-electron chi connectivity index (χ4n) is 0.297. The highest BCUT2D eigenvalue weighted by atomic mass is 16.6. The molecule has 0 saturated heterocycles. The monoisotopic (exact) mass is 131 g/mol. The summed E-state index contributed by atoms with van der Waals surface area (Å²) in [4.78, 5) is 19.9. The second-order valence-electron chi connectivity index (χ2n) is 1.57. The fourth-order valence-corrected chi connectivity index (χ4v) is 0.297. The van der Waals surface area contributed by atoms with Gasteiger partial charge in [0.2, 0.25) is 0 Å². The highest BCUT2D eigenvalue weighted by Crippen LogP contribution is 1.87. The van der Waals surface area contributed by atoms with Crippen LogP contribution in [0.25, 0.3) is 0 Å². The summed E-state index contributed by atoms with van der Waals surface area (Å²) in [5.74, 6) is -2.00. The average Bonchev–Trinajstić information content (AvgIpc) is 1.63. The minimum atomic E-state index is -1.38. The molecule has 4 nitrogen and oxygen atoms in total. The van der Waals surface area contributed by atoms with Gasteiger partial charge in [-0.2, -0.15) is 0 Å². The van der Waals surface area contributed by atoms with Gasteiger partial charge < -0.3 is 14.6 Å². The Morgan fingerprint density at radius 2 is 2.00 bits per heavy atom. The molecule has 0 saturated carbocycles. The molecule has 0 aromatic heterocycles. The van der Waals surface area contributed by atoms with Crippen molar-refractivity contribution in [2.24, 2.45) is 0 Å². The summed E-state index contributed by atoms with van der Waals surface area (Å²) in [5.41, 5.74) is 0. The molecule has 0 rings (SSSR count). The third-order valence-corrected chi connectivity index (χ3v) is 0.675. The molecular formula is C5H7O4-. The number of rotatable bonds is 2. The van der Waals surface area contributed by atoms with Crippen molar-refractivity contribution in [3.63, 3.8) is 0 Å². The molecule has 0 aliphatic rings. The first-order valence-corrected chi connectivity index (χ1v) is 2.42. The van der Waals surface area contributed by atoms with Crippen LogP contribution < -0.4 is 5.11 Å². The second kappa shape index (κ2) is 3.06. The molecular weight excluding hydrogens is 124 g/mol. The van der Waals surface area contributed by atoms with Gasteiger partial charge in [0.25, 0.3) is 0 Å². The van der Waals surface area contributed by atoms with E-state index in [2.05, 4.69) is 4.74 Å². The van der Waals surface area contributed by atoms with Crippen molar-refractivity contribution >= 4 is 11.9 Å². The molecule has 0 spiro atoms. The Kier molecular flexibility index (Phi) is 2.70. The minimum absolute atomic E-state index is 0.619. The van der Waals surface area contributed by atoms with Crippen molar-refractivity contribution in [1.82, 2.24) is 0 Å². The first kappa shape index (κ1) is 7.94. The maximum Gasteiger partial charge on any atom is 0.303 e. The van der Waals surface area contributed by atoms with E-state index in [4.69, 9.17) is 0 Å². The normalized spacial score (nSPS) is 12.2. The maximum absolute atomic E-state index is 10.0. The zero-order chi connectivity index (χ0) is 7.44. The van der Waals surface area contributed by atoms with Crippen molar-refractivity contribution in [1.29, 1.82) is 0 Å². The molecule has 0 aromatic rings. The summed E-state index contributed by atoms with van der Waals surface area (Å²) in [6.45, 7) is 2.37. The SMILES string of the molecule is CC(=O)O[C@@H](C)C(=O)[O-]. The van der Waals surface area contributed by atoms with E-state index in [1.807, 2.05) is 0 Å². The molecule has 0 radical (unpaired) electrons. The van der Waals surface area contributed by atoms with E-state index in [1.165, 1.54) is 6.92 Å². The predicted octanol–water partition coefficient (Wildman–Crippen LogP) is -1.31. The number of hydrogen-bond donors (Lipinski definition) is 0. The Morgan fingerprint density at radius 1 is 1.56 bits per heavy atom. The van der Waals surface area contributed by atoms with E-state index in [9.17, 15) is 14.7 Å². The van der Waals surface area contributed by atoms with Crippen molar-refractivity contribution in [3.05, 3.63) is 0 Å². The van der Waals surface area contributed by atoms with Crippen molar-refractivity contribution in [2.45, 2.75) is 20.0 Å². The second-order valence-corrected chi connectivity index (χ2v) is 1.57. The zero-order valence-corrected chi connectivity index (χ0v) is 5.21. The van der Waals surface area contributed by atoms with Gasteiger partial charge in [-0.3, -0.25) is 4.79 Å². The lowest BCUT2D eigenvalue weighted by molar-refractivity contribution is -0.314. The summed E-state index contributed by atoms with van der Waals surface area (Å²) >= 11 is 0. The van der Waals surface area contributed by atoms with Crippen LogP contribution in [0.2, 0.25) is 0 Å². The third-order valence-electron chi connectivity index (χ3n) is 0.675. The molecule has 0 amide bonds. The van der Waals surface area contributed by atoms with Gasteiger partial charge >= 0.3 is 5.97 Å². The van der Waals surface area contributed by atoms with Crippen molar-refractivity contribution < 1.29 is 19.4 Å². The van der Waals surface area contributed by atoms with Crippen molar-refractivity contribution in [3.8, 4) is 0 Å². The molecule has 0 heterocycles. The summed E-state index contributed by atoms with van der Waals surface area (Å²) in [6.07, 6.45) is -1.15. The first-order valence-electron chi connectivity index (χ1n) is 2.42. The Labute approximate surface area is 52.4 Å². The van der Waals surface area contributed by atoms with Crippen LogP contribution in [0, 0.1) is 0 Å². The number of carbonyl (C=O) groups excluding carboxylic acids is 2. The first-order chi connectivity index (χ1) is 4.04. The Morgan fingerprint density at radius 3 is 2.11 bits per heavy atom. The van der Waals surface area contributed by atoms with Gasteiger partial charge in [0.1, 0.15) is 6.10 Å². The summed E-state index contributed by atoms with van der Waals surface area (Å²) in [7, 11) is 0. The molecule has 0 aliphatic carbocycles. The molecule has 0 bridgehead atoms. The average molecular weight is 131 g/mol. The minimum Gasteiger partial charge on any atom is -0.546 e. The van der Waals surface area contributed by atoms with E-state index < -0.39 is 18.0 Å². The van der Waals surface area contributed by atoms with Gasteiger partial charge in [-0.25, -0.2) is 0 Å². The number of hydrogen-bond acceptors (Lipinski definition) is 4. The van der Waals surface area contributed by atoms with E-state index in [1.54, 1.807) is 0 Å². The molecule has 0 unspecified atom stereocenters. The Hall–Kier alpha value is -1.06. The summed E-state index contributed by atoms with van der Waals surface area (Å²) in [6, 6.07) is 0. The topological polar surface area (TPSA) is 66.4 Å². The van der Waals surface area contributed by atoms with Gasteiger partial charge in [0.15, 0.2) is 0 Å². The molecule has 0 N–H and O–H groups in total. The molecule has 0 aromatic carbocycles. The Balaban J connectivity index is 3.63. The van der Waals surface area contributed by atoms with Crippen LogP contribution in [0.5, 0.6) is 0 Å². The number of carboxylic acid groups (broad SMARTS) is 1. The molecule has 0 aliphatic heterocycles. The van der Waals surface area contributed by atoms with Crippen LogP contribution in [0.3, 0.4) is 0 Å². The number of aliphatic carboxylic acids is 1. The van der Waals surface area contributed by atoms with E-state index in [0.29, 0.717) is 0 Å². The van der Waals surface area contributed by atoms with Crippen LogP contribution >= 0.6 is 0 Å². The van der Waals surface area contributed by atoms with Gasteiger partial charge in [0.05, 0.1) is 5.97 Å². The van der Waals surface area contributed by atoms with Crippen LogP contribution in [0.1, 0.15) is 13.8 Å². The number of carboxylic acids is 1. The summed E-state index contributed by atoms with van der Waals surface area (Å²) in [5, 5.41) is 9.85. The van der Waals surface area contributed by atoms with Crippen LogP contribution in [0.4, 0.5) is 0 Å². The largest absolute Gasteiger partial charge is 0.546 e. The lowest BCUT2D eigenvalue weighted by Gasteiger charge is -2.11. The van der Waals surface area contributed by atoms with E-state index in [-0.39, 0.29) is 0 Å². The van der Waals surface area contributed by atoms with E-state index >= 15 is 0 Å². The van der Waals surface area contributed by atoms with Gasteiger partial charge in [-0.05, 0) is 6.92 Å². The number of esters is 1. The number of carbonyl (C=O) groups is 2. The van der Waals surface area contributed by atoms with Crippen molar-refractivity contribution in [2.75, 3.05) is 0 Å². The molecule has 4 heteroatoms. The molecule has 0 fully saturated rings. The van der Waals surface area contributed by atoms with Gasteiger partial charge in [0, 0.05) is 6.92 Å². The van der Waals surface area contributed by atoms with Crippen LogP contribution in [-0.2, 0) is 14.3 Å². The lowest BCUT2D eigenvalue weighted by atomic mass is 10.4. The predicted molar refractivity (Wildman–Crippen MR) is 26.2 cm³/mol. The van der Waals surface area contributed by atoms with Crippen LogP contribution in [0.15, 0.2) is 0 Å². The highest BCUT2D eigenvalue weighted by molar-refractivity contribution is 5.74. The van der Waals surface area contributed by atoms with E-state index in [0.717, 1.165) is 6.92 Å². The lowest BCUT2D eigenvalue weighted by Crippen LogP contribution is -2.36. The van der Waals surface area contributed by atoms with Crippen LogP contribution in [-0.4, -0.2) is 18.0 Å². The highest BCUT2D eigenvalue weighted by Gasteiger charge is 2.03. The maximum atomic E-state index is 10.0.